The average molecular weight is 425 g/mol. The number of pyridine rings is 1. The fraction of sp³-hybridized carbons (Fsp3) is 0.235. The van der Waals surface area contributed by atoms with E-state index in [2.05, 4.69) is 36.4 Å². The Morgan fingerprint density at radius 2 is 1.96 bits per heavy atom. The molecule has 0 saturated heterocycles. The molecule has 1 N–H and O–H groups in total. The molecule has 130 valence electrons. The number of nitrogens with one attached hydrogen (secondary N) is 1. The van der Waals surface area contributed by atoms with Gasteiger partial charge in [0.25, 0.3) is 0 Å². The van der Waals surface area contributed by atoms with Crippen LogP contribution in [0.25, 0.3) is 10.6 Å². The average Bonchev–Trinajstić information content (AvgIpc) is 3.04. The lowest BCUT2D eigenvalue weighted by Crippen LogP contribution is -2.29. The molecule has 3 rings (SSSR count). The summed E-state index contributed by atoms with van der Waals surface area (Å²) in [7, 11) is 0. The SMILES string of the molecule is CC(C)(CNc1nnc(-c2cc(Br)ccc2F)s1)c1ncccc1F. The minimum Gasteiger partial charge on any atom is -0.359 e. The normalized spacial score (nSPS) is 11.6. The Kier molecular flexibility index (Phi) is 5.10. The summed E-state index contributed by atoms with van der Waals surface area (Å²) < 4.78 is 28.7. The summed E-state index contributed by atoms with van der Waals surface area (Å²) in [5.74, 6) is -0.703. The molecular weight excluding hydrogens is 410 g/mol. The molecule has 0 fully saturated rings. The number of nitrogens with zero attached hydrogens (tertiary/aromatic N) is 3. The zero-order chi connectivity index (χ0) is 18.0. The van der Waals surface area contributed by atoms with E-state index < -0.39 is 5.41 Å². The third-order valence-electron chi connectivity index (χ3n) is 3.66. The fourth-order valence-corrected chi connectivity index (χ4v) is 3.45. The molecule has 0 unspecified atom stereocenters. The lowest BCUT2D eigenvalue weighted by molar-refractivity contribution is 0.485. The van der Waals surface area contributed by atoms with E-state index in [-0.39, 0.29) is 11.6 Å². The Balaban J connectivity index is 1.76. The van der Waals surface area contributed by atoms with Crippen molar-refractivity contribution in [3.05, 3.63) is 58.3 Å². The number of halogens is 3. The smallest absolute Gasteiger partial charge is 0.206 e. The number of hydrogen-bond acceptors (Lipinski definition) is 5. The zero-order valence-corrected chi connectivity index (χ0v) is 16.0. The van der Waals surface area contributed by atoms with Crippen molar-refractivity contribution in [1.29, 1.82) is 0 Å². The Hall–Kier alpha value is -1.93. The summed E-state index contributed by atoms with van der Waals surface area (Å²) in [6, 6.07) is 7.62. The first-order valence-corrected chi connectivity index (χ1v) is 9.11. The molecule has 0 radical (unpaired) electrons. The van der Waals surface area contributed by atoms with E-state index in [1.54, 1.807) is 24.4 Å². The van der Waals surface area contributed by atoms with Crippen LogP contribution >= 0.6 is 27.3 Å². The van der Waals surface area contributed by atoms with Crippen molar-refractivity contribution < 1.29 is 8.78 Å². The predicted molar refractivity (Wildman–Crippen MR) is 98.7 cm³/mol. The third kappa shape index (κ3) is 4.01. The maximum Gasteiger partial charge on any atom is 0.206 e. The van der Waals surface area contributed by atoms with Gasteiger partial charge in [0.15, 0.2) is 5.01 Å². The molecular formula is C17H15BrF2N4S. The predicted octanol–water partition coefficient (Wildman–Crippen LogP) is 5.03. The summed E-state index contributed by atoms with van der Waals surface area (Å²) in [6.45, 7) is 4.19. The maximum absolute atomic E-state index is 14.0. The number of rotatable bonds is 5. The molecule has 1 aromatic carbocycles. The summed E-state index contributed by atoms with van der Waals surface area (Å²) in [6.07, 6.45) is 1.57. The van der Waals surface area contributed by atoms with Crippen molar-refractivity contribution in [3.63, 3.8) is 0 Å². The van der Waals surface area contributed by atoms with Crippen molar-refractivity contribution in [3.8, 4) is 10.6 Å². The molecule has 3 aromatic rings. The summed E-state index contributed by atoms with van der Waals surface area (Å²) >= 11 is 4.56. The van der Waals surface area contributed by atoms with Crippen molar-refractivity contribution >= 4 is 32.4 Å². The number of hydrogen-bond donors (Lipinski definition) is 1. The van der Waals surface area contributed by atoms with Gasteiger partial charge < -0.3 is 5.32 Å². The summed E-state index contributed by atoms with van der Waals surface area (Å²) in [5, 5.41) is 12.2. The van der Waals surface area contributed by atoms with Gasteiger partial charge >= 0.3 is 0 Å². The minimum atomic E-state index is -0.543. The van der Waals surface area contributed by atoms with Crippen LogP contribution in [0.5, 0.6) is 0 Å². The highest BCUT2D eigenvalue weighted by molar-refractivity contribution is 9.10. The lowest BCUT2D eigenvalue weighted by Gasteiger charge is -2.24. The van der Waals surface area contributed by atoms with Crippen LogP contribution in [0.3, 0.4) is 0 Å². The Bertz CT molecular complexity index is 898. The summed E-state index contributed by atoms with van der Waals surface area (Å²) in [4.78, 5) is 4.13. The van der Waals surface area contributed by atoms with E-state index in [4.69, 9.17) is 0 Å². The topological polar surface area (TPSA) is 50.7 Å². The molecule has 0 aliphatic heterocycles. The standard InChI is InChI=1S/C17H15BrF2N4S/c1-17(2,14-13(20)4-3-7-21-14)9-22-16-24-23-15(25-16)11-8-10(18)5-6-12(11)19/h3-8H,9H2,1-2H3,(H,22,24). The molecule has 25 heavy (non-hydrogen) atoms. The van der Waals surface area contributed by atoms with Gasteiger partial charge in [-0.2, -0.15) is 0 Å². The quantitative estimate of drug-likeness (QED) is 0.623. The first-order valence-electron chi connectivity index (χ1n) is 7.50. The molecule has 0 saturated carbocycles. The van der Waals surface area contributed by atoms with E-state index in [9.17, 15) is 8.78 Å². The fourth-order valence-electron chi connectivity index (χ4n) is 2.33. The Morgan fingerprint density at radius 3 is 2.72 bits per heavy atom. The van der Waals surface area contributed by atoms with Crippen LogP contribution in [-0.4, -0.2) is 21.7 Å². The van der Waals surface area contributed by atoms with E-state index in [1.165, 1.54) is 23.5 Å². The zero-order valence-electron chi connectivity index (χ0n) is 13.6. The molecule has 0 bridgehead atoms. The van der Waals surface area contributed by atoms with Gasteiger partial charge in [0, 0.05) is 28.2 Å². The van der Waals surface area contributed by atoms with Crippen LogP contribution in [0.4, 0.5) is 13.9 Å². The molecule has 8 heteroatoms. The van der Waals surface area contributed by atoms with E-state index in [1.807, 2.05) is 13.8 Å². The highest BCUT2D eigenvalue weighted by atomic mass is 79.9. The first-order chi connectivity index (χ1) is 11.9. The van der Waals surface area contributed by atoms with Crippen LogP contribution in [0.15, 0.2) is 41.0 Å². The van der Waals surface area contributed by atoms with Gasteiger partial charge in [-0.15, -0.1) is 10.2 Å². The highest BCUT2D eigenvalue weighted by Gasteiger charge is 2.26. The molecule has 4 nitrogen and oxygen atoms in total. The highest BCUT2D eigenvalue weighted by Crippen LogP contribution is 2.31. The van der Waals surface area contributed by atoms with Crippen molar-refractivity contribution in [2.45, 2.75) is 19.3 Å². The van der Waals surface area contributed by atoms with Crippen molar-refractivity contribution in [2.75, 3.05) is 11.9 Å². The van der Waals surface area contributed by atoms with Crippen molar-refractivity contribution in [2.24, 2.45) is 0 Å². The number of benzene rings is 1. The van der Waals surface area contributed by atoms with Gasteiger partial charge in [0.05, 0.1) is 5.69 Å². The summed E-state index contributed by atoms with van der Waals surface area (Å²) in [5.41, 5.74) is 0.221. The molecule has 0 amide bonds. The second-order valence-corrected chi connectivity index (χ2v) is 8.00. The molecule has 0 atom stereocenters. The third-order valence-corrected chi connectivity index (χ3v) is 5.07. The molecule has 0 spiro atoms. The van der Waals surface area contributed by atoms with Gasteiger partial charge in [0.1, 0.15) is 11.6 Å². The van der Waals surface area contributed by atoms with E-state index in [0.29, 0.717) is 27.9 Å². The lowest BCUT2D eigenvalue weighted by atomic mass is 9.88. The second kappa shape index (κ2) is 7.13. The monoisotopic (exact) mass is 424 g/mol. The van der Waals surface area contributed by atoms with E-state index >= 15 is 0 Å². The van der Waals surface area contributed by atoms with Gasteiger partial charge in [-0.1, -0.05) is 41.1 Å². The Morgan fingerprint density at radius 1 is 1.16 bits per heavy atom. The second-order valence-electron chi connectivity index (χ2n) is 6.11. The minimum absolute atomic E-state index is 0.344. The molecule has 2 aromatic heterocycles. The first kappa shape index (κ1) is 17.9. The maximum atomic E-state index is 14.0. The number of anilines is 1. The Labute approximate surface area is 156 Å². The van der Waals surface area contributed by atoms with Gasteiger partial charge in [-0.3, -0.25) is 4.98 Å². The van der Waals surface area contributed by atoms with Gasteiger partial charge in [-0.25, -0.2) is 8.78 Å². The van der Waals surface area contributed by atoms with Crippen LogP contribution in [0.2, 0.25) is 0 Å². The molecule has 0 aliphatic carbocycles. The van der Waals surface area contributed by atoms with Gasteiger partial charge in [-0.05, 0) is 30.3 Å². The van der Waals surface area contributed by atoms with Crippen LogP contribution in [0, 0.1) is 11.6 Å². The molecule has 2 heterocycles. The van der Waals surface area contributed by atoms with E-state index in [0.717, 1.165) is 4.47 Å². The largest absolute Gasteiger partial charge is 0.359 e. The van der Waals surface area contributed by atoms with Crippen LogP contribution in [0.1, 0.15) is 19.5 Å². The van der Waals surface area contributed by atoms with Gasteiger partial charge in [0.2, 0.25) is 5.13 Å². The number of aromatic nitrogens is 3. The van der Waals surface area contributed by atoms with Crippen LogP contribution < -0.4 is 5.32 Å². The van der Waals surface area contributed by atoms with Crippen molar-refractivity contribution in [1.82, 2.24) is 15.2 Å². The van der Waals surface area contributed by atoms with Crippen LogP contribution in [-0.2, 0) is 5.41 Å². The molecule has 0 aliphatic rings.